The minimum atomic E-state index is -3.41. The largest absolute Gasteiger partial charge is 0.350 e. The van der Waals surface area contributed by atoms with Crippen LogP contribution in [0.15, 0.2) is 24.4 Å². The van der Waals surface area contributed by atoms with Gasteiger partial charge in [-0.1, -0.05) is 6.07 Å². The number of hydrogen-bond acceptors (Lipinski definition) is 3. The average molecular weight is 321 g/mol. The fraction of sp³-hybridized carbons (Fsp3) is 0.500. The number of aryl methyl sites for hydroxylation is 2. The molecule has 1 fully saturated rings. The Morgan fingerprint density at radius 2 is 2.05 bits per heavy atom. The predicted octanol–water partition coefficient (Wildman–Crippen LogP) is 1.48. The molecule has 3 N–H and O–H groups in total. The highest BCUT2D eigenvalue weighted by Crippen LogP contribution is 2.33. The average Bonchev–Trinajstić information content (AvgIpc) is 2.82. The number of nitrogens with two attached hydrogens (primary N) is 1. The summed E-state index contributed by atoms with van der Waals surface area (Å²) in [6.07, 6.45) is 5.00. The first kappa shape index (κ1) is 15.5. The molecule has 22 heavy (non-hydrogen) atoms. The third-order valence-corrected chi connectivity index (χ3v) is 5.31. The van der Waals surface area contributed by atoms with Gasteiger partial charge in [0, 0.05) is 24.1 Å². The van der Waals surface area contributed by atoms with E-state index in [0.29, 0.717) is 12.3 Å². The third-order valence-electron chi connectivity index (χ3n) is 4.54. The smallest absolute Gasteiger partial charge is 0.209 e. The molecule has 0 saturated carbocycles. The normalized spacial score (nSPS) is 17.2. The van der Waals surface area contributed by atoms with Gasteiger partial charge in [0.15, 0.2) is 0 Å². The molecule has 0 bridgehead atoms. The van der Waals surface area contributed by atoms with Gasteiger partial charge in [-0.25, -0.2) is 13.6 Å². The highest BCUT2D eigenvalue weighted by molar-refractivity contribution is 7.89. The van der Waals surface area contributed by atoms with Gasteiger partial charge in [-0.15, -0.1) is 0 Å². The van der Waals surface area contributed by atoms with Crippen molar-refractivity contribution in [3.8, 4) is 0 Å². The van der Waals surface area contributed by atoms with Gasteiger partial charge in [0.25, 0.3) is 0 Å². The van der Waals surface area contributed by atoms with Gasteiger partial charge in [0.1, 0.15) is 0 Å². The molecule has 0 atom stereocenters. The maximum atomic E-state index is 11.2. The van der Waals surface area contributed by atoms with E-state index in [0.717, 1.165) is 31.5 Å². The van der Waals surface area contributed by atoms with Crippen molar-refractivity contribution in [2.24, 2.45) is 12.2 Å². The first-order chi connectivity index (χ1) is 10.4. The van der Waals surface area contributed by atoms with Crippen LogP contribution >= 0.6 is 0 Å². The van der Waals surface area contributed by atoms with Crippen LogP contribution in [-0.4, -0.2) is 31.8 Å². The lowest BCUT2D eigenvalue weighted by molar-refractivity contribution is 0.462. The van der Waals surface area contributed by atoms with E-state index in [1.807, 2.05) is 6.07 Å². The minimum absolute atomic E-state index is 0.00593. The SMILES string of the molecule is Cn1cc(C2CCNCC2)c2cc(CCS(N)(=O)=O)ccc21. The quantitative estimate of drug-likeness (QED) is 0.895. The molecule has 1 aromatic heterocycles. The number of primary sulfonamides is 1. The molecule has 0 unspecified atom stereocenters. The topological polar surface area (TPSA) is 77.1 Å². The van der Waals surface area contributed by atoms with Crippen molar-refractivity contribution in [2.75, 3.05) is 18.8 Å². The number of rotatable bonds is 4. The summed E-state index contributed by atoms with van der Waals surface area (Å²) in [7, 11) is -1.35. The summed E-state index contributed by atoms with van der Waals surface area (Å²) in [6, 6.07) is 6.22. The van der Waals surface area contributed by atoms with Gasteiger partial charge in [-0.05, 0) is 61.5 Å². The lowest BCUT2D eigenvalue weighted by Crippen LogP contribution is -2.26. The van der Waals surface area contributed by atoms with Gasteiger partial charge in [-0.3, -0.25) is 0 Å². The van der Waals surface area contributed by atoms with Crippen molar-refractivity contribution in [1.82, 2.24) is 9.88 Å². The summed E-state index contributed by atoms with van der Waals surface area (Å²) >= 11 is 0. The number of nitrogens with one attached hydrogen (secondary N) is 1. The molecule has 0 radical (unpaired) electrons. The van der Waals surface area contributed by atoms with E-state index in [4.69, 9.17) is 5.14 Å². The van der Waals surface area contributed by atoms with Crippen LogP contribution in [0.25, 0.3) is 10.9 Å². The zero-order valence-corrected chi connectivity index (χ0v) is 13.7. The Labute approximate surface area is 131 Å². The second-order valence-corrected chi connectivity index (χ2v) is 7.92. The molecular formula is C16H23N3O2S. The summed E-state index contributed by atoms with van der Waals surface area (Å²) < 4.78 is 24.5. The van der Waals surface area contributed by atoms with Gasteiger partial charge < -0.3 is 9.88 Å². The van der Waals surface area contributed by atoms with E-state index in [-0.39, 0.29) is 5.75 Å². The monoisotopic (exact) mass is 321 g/mol. The van der Waals surface area contributed by atoms with Crippen molar-refractivity contribution >= 4 is 20.9 Å². The summed E-state index contributed by atoms with van der Waals surface area (Å²) in [5.41, 5.74) is 3.62. The Hall–Kier alpha value is -1.37. The van der Waals surface area contributed by atoms with E-state index >= 15 is 0 Å². The molecule has 5 nitrogen and oxygen atoms in total. The van der Waals surface area contributed by atoms with Crippen LogP contribution in [0.1, 0.15) is 29.9 Å². The molecule has 2 aromatic rings. The summed E-state index contributed by atoms with van der Waals surface area (Å²) in [5, 5.41) is 9.76. The van der Waals surface area contributed by atoms with Crippen LogP contribution in [0, 0.1) is 0 Å². The molecule has 120 valence electrons. The fourth-order valence-corrected chi connectivity index (χ4v) is 3.86. The van der Waals surface area contributed by atoms with Crippen molar-refractivity contribution in [3.63, 3.8) is 0 Å². The highest BCUT2D eigenvalue weighted by atomic mass is 32.2. The molecule has 1 saturated heterocycles. The number of benzene rings is 1. The molecule has 2 heterocycles. The standard InChI is InChI=1S/C16H23N3O2S/c1-19-11-15(13-4-7-18-8-5-13)14-10-12(2-3-16(14)19)6-9-22(17,20)21/h2-3,10-11,13,18H,4-9H2,1H3,(H2,17,20,21). The second kappa shape index (κ2) is 6.02. The molecule has 1 aliphatic rings. The van der Waals surface area contributed by atoms with Crippen LogP contribution in [0.3, 0.4) is 0 Å². The number of sulfonamides is 1. The van der Waals surface area contributed by atoms with Gasteiger partial charge >= 0.3 is 0 Å². The summed E-state index contributed by atoms with van der Waals surface area (Å²) in [5.74, 6) is 0.576. The predicted molar refractivity (Wildman–Crippen MR) is 89.4 cm³/mol. The molecular weight excluding hydrogens is 298 g/mol. The third kappa shape index (κ3) is 3.34. The van der Waals surface area contributed by atoms with Crippen LogP contribution in [0.2, 0.25) is 0 Å². The van der Waals surface area contributed by atoms with Crippen molar-refractivity contribution in [2.45, 2.75) is 25.2 Å². The molecule has 3 rings (SSSR count). The second-order valence-electron chi connectivity index (χ2n) is 6.19. The molecule has 6 heteroatoms. The molecule has 0 aliphatic carbocycles. The first-order valence-electron chi connectivity index (χ1n) is 7.73. The van der Waals surface area contributed by atoms with Crippen LogP contribution in [-0.2, 0) is 23.5 Å². The van der Waals surface area contributed by atoms with E-state index in [1.54, 1.807) is 0 Å². The lowest BCUT2D eigenvalue weighted by Gasteiger charge is -2.22. The lowest BCUT2D eigenvalue weighted by atomic mass is 9.89. The zero-order chi connectivity index (χ0) is 15.7. The van der Waals surface area contributed by atoms with Gasteiger partial charge in [-0.2, -0.15) is 0 Å². The number of fused-ring (bicyclic) bond motifs is 1. The molecule has 0 spiro atoms. The van der Waals surface area contributed by atoms with Crippen molar-refractivity contribution in [1.29, 1.82) is 0 Å². The number of aromatic nitrogens is 1. The summed E-state index contributed by atoms with van der Waals surface area (Å²) in [6.45, 7) is 2.12. The van der Waals surface area contributed by atoms with E-state index < -0.39 is 10.0 Å². The Morgan fingerprint density at radius 3 is 2.73 bits per heavy atom. The fourth-order valence-electron chi connectivity index (χ4n) is 3.34. The zero-order valence-electron chi connectivity index (χ0n) is 12.9. The van der Waals surface area contributed by atoms with Crippen LogP contribution in [0.4, 0.5) is 0 Å². The Kier molecular flexibility index (Phi) is 4.25. The highest BCUT2D eigenvalue weighted by Gasteiger charge is 2.19. The number of piperidine rings is 1. The number of nitrogens with zero attached hydrogens (tertiary/aromatic N) is 1. The first-order valence-corrected chi connectivity index (χ1v) is 9.44. The Morgan fingerprint density at radius 1 is 1.32 bits per heavy atom. The van der Waals surface area contributed by atoms with Gasteiger partial charge in [0.05, 0.1) is 5.75 Å². The number of hydrogen-bond donors (Lipinski definition) is 2. The maximum absolute atomic E-state index is 11.2. The van der Waals surface area contributed by atoms with Crippen LogP contribution in [0.5, 0.6) is 0 Å². The van der Waals surface area contributed by atoms with Crippen molar-refractivity contribution < 1.29 is 8.42 Å². The van der Waals surface area contributed by atoms with Crippen molar-refractivity contribution in [3.05, 3.63) is 35.5 Å². The maximum Gasteiger partial charge on any atom is 0.209 e. The van der Waals surface area contributed by atoms with Crippen LogP contribution < -0.4 is 10.5 Å². The summed E-state index contributed by atoms with van der Waals surface area (Å²) in [4.78, 5) is 0. The van der Waals surface area contributed by atoms with Gasteiger partial charge in [0.2, 0.25) is 10.0 Å². The molecule has 1 aliphatic heterocycles. The minimum Gasteiger partial charge on any atom is -0.350 e. The molecule has 0 amide bonds. The van der Waals surface area contributed by atoms with E-state index in [2.05, 4.69) is 35.3 Å². The Balaban J connectivity index is 1.95. The Bertz CT molecular complexity index is 774. The van der Waals surface area contributed by atoms with E-state index in [9.17, 15) is 8.42 Å². The van der Waals surface area contributed by atoms with E-state index in [1.165, 1.54) is 16.5 Å². The molecule has 1 aromatic carbocycles.